The standard InChI is InChI=1S/C14H16ClN3O2S/c1-4-11-7(2)21-14(17-11)18-12-9(13(19)20-3)5-8(16)6-10(12)15/h5-6H,4,16H2,1-3H3,(H,17,18). The van der Waals surface area contributed by atoms with Crippen molar-refractivity contribution >= 4 is 45.4 Å². The van der Waals surface area contributed by atoms with Gasteiger partial charge in [-0.1, -0.05) is 18.5 Å². The van der Waals surface area contributed by atoms with Crippen LogP contribution in [0.15, 0.2) is 12.1 Å². The first-order chi connectivity index (χ1) is 9.96. The minimum atomic E-state index is -0.504. The van der Waals surface area contributed by atoms with Gasteiger partial charge in [0.1, 0.15) is 0 Å². The fourth-order valence-electron chi connectivity index (χ4n) is 1.94. The number of nitrogens with one attached hydrogen (secondary N) is 1. The number of aryl methyl sites for hydroxylation is 2. The average Bonchev–Trinajstić information content (AvgIpc) is 2.80. The number of anilines is 3. The van der Waals surface area contributed by atoms with Crippen molar-refractivity contribution in [3.63, 3.8) is 0 Å². The minimum Gasteiger partial charge on any atom is -0.465 e. The van der Waals surface area contributed by atoms with Gasteiger partial charge in [0.25, 0.3) is 0 Å². The second kappa shape index (κ2) is 6.32. The van der Waals surface area contributed by atoms with E-state index < -0.39 is 5.97 Å². The molecule has 0 spiro atoms. The van der Waals surface area contributed by atoms with Crippen LogP contribution in [0.2, 0.25) is 5.02 Å². The van der Waals surface area contributed by atoms with Crippen molar-refractivity contribution in [1.29, 1.82) is 0 Å². The van der Waals surface area contributed by atoms with E-state index in [1.54, 1.807) is 6.07 Å². The second-order valence-electron chi connectivity index (χ2n) is 4.42. The molecule has 7 heteroatoms. The molecule has 0 amide bonds. The molecular formula is C14H16ClN3O2S. The Morgan fingerprint density at radius 1 is 1.52 bits per heavy atom. The number of carbonyl (C=O) groups excluding carboxylic acids is 1. The van der Waals surface area contributed by atoms with Crippen LogP contribution >= 0.6 is 22.9 Å². The Kier molecular flexibility index (Phi) is 4.69. The van der Waals surface area contributed by atoms with Gasteiger partial charge >= 0.3 is 5.97 Å². The molecule has 0 aliphatic carbocycles. The van der Waals surface area contributed by atoms with Crippen LogP contribution in [0.4, 0.5) is 16.5 Å². The highest BCUT2D eigenvalue weighted by molar-refractivity contribution is 7.15. The van der Waals surface area contributed by atoms with Gasteiger partial charge in [-0.15, -0.1) is 11.3 Å². The third-order valence-electron chi connectivity index (χ3n) is 2.98. The summed E-state index contributed by atoms with van der Waals surface area (Å²) in [4.78, 5) is 17.5. The Labute approximate surface area is 132 Å². The van der Waals surface area contributed by atoms with E-state index in [1.807, 2.05) is 13.8 Å². The van der Waals surface area contributed by atoms with Crippen LogP contribution in [0.5, 0.6) is 0 Å². The van der Waals surface area contributed by atoms with E-state index in [4.69, 9.17) is 22.1 Å². The molecule has 0 saturated heterocycles. The summed E-state index contributed by atoms with van der Waals surface area (Å²) < 4.78 is 4.76. The molecule has 0 aliphatic heterocycles. The van der Waals surface area contributed by atoms with Gasteiger partial charge in [-0.05, 0) is 25.5 Å². The molecule has 2 aromatic rings. The minimum absolute atomic E-state index is 0.286. The van der Waals surface area contributed by atoms with Crippen molar-refractivity contribution in [2.24, 2.45) is 0 Å². The summed E-state index contributed by atoms with van der Waals surface area (Å²) in [7, 11) is 1.31. The fraction of sp³-hybridized carbons (Fsp3) is 0.286. The van der Waals surface area contributed by atoms with Gasteiger partial charge in [0.15, 0.2) is 5.13 Å². The number of hydrogen-bond donors (Lipinski definition) is 2. The van der Waals surface area contributed by atoms with E-state index in [0.29, 0.717) is 21.5 Å². The number of halogens is 1. The number of nitrogens with zero attached hydrogens (tertiary/aromatic N) is 1. The van der Waals surface area contributed by atoms with E-state index >= 15 is 0 Å². The number of hydrogen-bond acceptors (Lipinski definition) is 6. The topological polar surface area (TPSA) is 77.2 Å². The van der Waals surface area contributed by atoms with Crippen LogP contribution in [-0.4, -0.2) is 18.1 Å². The lowest BCUT2D eigenvalue weighted by molar-refractivity contribution is 0.0602. The first-order valence-electron chi connectivity index (χ1n) is 6.36. The molecule has 1 heterocycles. The largest absolute Gasteiger partial charge is 0.465 e. The number of benzene rings is 1. The van der Waals surface area contributed by atoms with Gasteiger partial charge in [0.05, 0.1) is 29.1 Å². The molecule has 0 radical (unpaired) electrons. The van der Waals surface area contributed by atoms with Crippen molar-refractivity contribution in [3.05, 3.63) is 33.3 Å². The molecule has 0 fully saturated rings. The maximum absolute atomic E-state index is 11.9. The van der Waals surface area contributed by atoms with Crippen molar-refractivity contribution in [2.75, 3.05) is 18.2 Å². The highest BCUT2D eigenvalue weighted by atomic mass is 35.5. The van der Waals surface area contributed by atoms with E-state index in [9.17, 15) is 4.79 Å². The van der Waals surface area contributed by atoms with Gasteiger partial charge in [-0.25, -0.2) is 9.78 Å². The van der Waals surface area contributed by atoms with E-state index in [2.05, 4.69) is 10.3 Å². The molecular weight excluding hydrogens is 310 g/mol. The Hall–Kier alpha value is -1.79. The number of methoxy groups -OCH3 is 1. The van der Waals surface area contributed by atoms with Crippen molar-refractivity contribution in [1.82, 2.24) is 4.98 Å². The molecule has 1 aromatic carbocycles. The zero-order valence-corrected chi connectivity index (χ0v) is 13.6. The Morgan fingerprint density at radius 3 is 2.81 bits per heavy atom. The fourth-order valence-corrected chi connectivity index (χ4v) is 3.12. The van der Waals surface area contributed by atoms with Crippen LogP contribution in [0.25, 0.3) is 0 Å². The third-order valence-corrected chi connectivity index (χ3v) is 4.20. The summed E-state index contributed by atoms with van der Waals surface area (Å²) in [6, 6.07) is 3.11. The van der Waals surface area contributed by atoms with E-state index in [1.165, 1.54) is 24.5 Å². The summed E-state index contributed by atoms with van der Waals surface area (Å²) >= 11 is 7.70. The van der Waals surface area contributed by atoms with E-state index in [-0.39, 0.29) is 5.56 Å². The number of aromatic nitrogens is 1. The normalized spacial score (nSPS) is 10.5. The molecule has 112 valence electrons. The summed E-state index contributed by atoms with van der Waals surface area (Å²) in [5.74, 6) is -0.504. The number of rotatable bonds is 4. The molecule has 1 aromatic heterocycles. The van der Waals surface area contributed by atoms with Gasteiger partial charge in [0.2, 0.25) is 0 Å². The number of nitrogen functional groups attached to an aromatic ring is 1. The van der Waals surface area contributed by atoms with Crippen LogP contribution in [0.3, 0.4) is 0 Å². The number of nitrogens with two attached hydrogens (primary N) is 1. The molecule has 0 atom stereocenters. The smallest absolute Gasteiger partial charge is 0.340 e. The maximum atomic E-state index is 11.9. The second-order valence-corrected chi connectivity index (χ2v) is 6.03. The van der Waals surface area contributed by atoms with Crippen molar-refractivity contribution < 1.29 is 9.53 Å². The SMILES string of the molecule is CCc1nc(Nc2c(Cl)cc(N)cc2C(=O)OC)sc1C. The predicted molar refractivity (Wildman–Crippen MR) is 86.7 cm³/mol. The lowest BCUT2D eigenvalue weighted by Crippen LogP contribution is -2.07. The molecule has 0 unspecified atom stereocenters. The highest BCUT2D eigenvalue weighted by Gasteiger charge is 2.18. The summed E-state index contributed by atoms with van der Waals surface area (Å²) in [5.41, 5.74) is 7.89. The average molecular weight is 326 g/mol. The van der Waals surface area contributed by atoms with Gasteiger partial charge in [-0.2, -0.15) is 0 Å². The van der Waals surface area contributed by atoms with Gasteiger partial charge in [0, 0.05) is 10.6 Å². The number of carbonyl (C=O) groups is 1. The van der Waals surface area contributed by atoms with Crippen LogP contribution < -0.4 is 11.1 Å². The maximum Gasteiger partial charge on any atom is 0.340 e. The Bertz CT molecular complexity index is 685. The Morgan fingerprint density at radius 2 is 2.24 bits per heavy atom. The first-order valence-corrected chi connectivity index (χ1v) is 7.56. The van der Waals surface area contributed by atoms with Crippen LogP contribution in [-0.2, 0) is 11.2 Å². The first kappa shape index (κ1) is 15.6. The number of thiazole rings is 1. The monoisotopic (exact) mass is 325 g/mol. The quantitative estimate of drug-likeness (QED) is 0.660. The third kappa shape index (κ3) is 3.28. The molecule has 2 rings (SSSR count). The molecule has 0 aliphatic rings. The van der Waals surface area contributed by atoms with Gasteiger partial charge in [-0.3, -0.25) is 0 Å². The number of esters is 1. The zero-order valence-electron chi connectivity index (χ0n) is 12.0. The van der Waals surface area contributed by atoms with Crippen LogP contribution in [0.1, 0.15) is 27.9 Å². The van der Waals surface area contributed by atoms with Crippen LogP contribution in [0, 0.1) is 6.92 Å². The number of ether oxygens (including phenoxy) is 1. The van der Waals surface area contributed by atoms with Crippen molar-refractivity contribution in [2.45, 2.75) is 20.3 Å². The zero-order chi connectivity index (χ0) is 15.6. The highest BCUT2D eigenvalue weighted by Crippen LogP contribution is 2.34. The molecule has 3 N–H and O–H groups in total. The summed E-state index contributed by atoms with van der Waals surface area (Å²) in [5, 5.41) is 4.13. The molecule has 0 bridgehead atoms. The van der Waals surface area contributed by atoms with Crippen molar-refractivity contribution in [3.8, 4) is 0 Å². The lowest BCUT2D eigenvalue weighted by Gasteiger charge is -2.11. The summed E-state index contributed by atoms with van der Waals surface area (Å²) in [6.45, 7) is 4.05. The predicted octanol–water partition coefficient (Wildman–Crippen LogP) is 3.78. The molecule has 0 saturated carbocycles. The van der Waals surface area contributed by atoms with Gasteiger partial charge < -0.3 is 15.8 Å². The Balaban J connectivity index is 2.44. The summed E-state index contributed by atoms with van der Waals surface area (Å²) in [6.07, 6.45) is 0.851. The van der Waals surface area contributed by atoms with E-state index in [0.717, 1.165) is 17.0 Å². The molecule has 21 heavy (non-hydrogen) atoms. The lowest BCUT2D eigenvalue weighted by atomic mass is 10.1. The molecule has 5 nitrogen and oxygen atoms in total.